The summed E-state index contributed by atoms with van der Waals surface area (Å²) in [5.74, 6) is -4.14. The number of aromatic carboxylic acids is 1. The van der Waals surface area contributed by atoms with Crippen molar-refractivity contribution >= 4 is 11.8 Å². The lowest BCUT2D eigenvalue weighted by molar-refractivity contribution is 0.0691. The lowest BCUT2D eigenvalue weighted by atomic mass is 10.0. The van der Waals surface area contributed by atoms with Gasteiger partial charge in [-0.2, -0.15) is 0 Å². The highest BCUT2D eigenvalue weighted by Crippen LogP contribution is 2.17. The number of carbonyl (C=O) groups excluding carboxylic acids is 1. The Kier molecular flexibility index (Phi) is 2.93. The molecule has 92 valence electrons. The number of hydrogen-bond donors (Lipinski definition) is 2. The van der Waals surface area contributed by atoms with E-state index in [0.717, 1.165) is 30.5 Å². The monoisotopic (exact) mass is 251 g/mol. The van der Waals surface area contributed by atoms with Crippen LogP contribution in [0, 0.1) is 11.6 Å². The van der Waals surface area contributed by atoms with Gasteiger partial charge in [-0.05, 0) is 18.2 Å². The maximum Gasteiger partial charge on any atom is 0.352 e. The van der Waals surface area contributed by atoms with Crippen molar-refractivity contribution in [3.05, 3.63) is 58.9 Å². The van der Waals surface area contributed by atoms with Crippen molar-refractivity contribution in [1.82, 2.24) is 4.98 Å². The minimum Gasteiger partial charge on any atom is -0.477 e. The predicted octanol–water partition coefficient (Wildman–Crippen LogP) is 2.22. The van der Waals surface area contributed by atoms with Crippen LogP contribution in [-0.2, 0) is 0 Å². The molecular weight excluding hydrogens is 244 g/mol. The van der Waals surface area contributed by atoms with E-state index in [1.54, 1.807) is 0 Å². The number of ketones is 1. The normalized spacial score (nSPS) is 10.3. The minimum atomic E-state index is -1.26. The Morgan fingerprint density at radius 3 is 2.28 bits per heavy atom. The number of rotatable bonds is 3. The van der Waals surface area contributed by atoms with Gasteiger partial charge in [-0.25, -0.2) is 13.6 Å². The predicted molar refractivity (Wildman–Crippen MR) is 57.5 cm³/mol. The fraction of sp³-hybridized carbons (Fsp3) is 0. The maximum absolute atomic E-state index is 13.4. The van der Waals surface area contributed by atoms with Crippen molar-refractivity contribution in [1.29, 1.82) is 0 Å². The molecule has 0 aliphatic rings. The van der Waals surface area contributed by atoms with Crippen LogP contribution in [0.4, 0.5) is 8.78 Å². The molecule has 0 aliphatic carbocycles. The van der Waals surface area contributed by atoms with Crippen LogP contribution in [0.2, 0.25) is 0 Å². The van der Waals surface area contributed by atoms with E-state index in [1.165, 1.54) is 0 Å². The Hall–Kier alpha value is -2.50. The average molecular weight is 251 g/mol. The molecule has 0 amide bonds. The van der Waals surface area contributed by atoms with Crippen molar-refractivity contribution in [2.45, 2.75) is 0 Å². The number of carbonyl (C=O) groups is 2. The molecule has 0 bridgehead atoms. The van der Waals surface area contributed by atoms with E-state index in [4.69, 9.17) is 5.11 Å². The Labute approximate surface area is 99.9 Å². The molecule has 0 atom stereocenters. The molecule has 1 heterocycles. The molecule has 0 saturated carbocycles. The number of halogens is 2. The van der Waals surface area contributed by atoms with Crippen molar-refractivity contribution in [3.63, 3.8) is 0 Å². The third kappa shape index (κ3) is 2.00. The fourth-order valence-corrected chi connectivity index (χ4v) is 1.51. The van der Waals surface area contributed by atoms with Gasteiger partial charge in [0.2, 0.25) is 0 Å². The van der Waals surface area contributed by atoms with E-state index < -0.39 is 29.0 Å². The molecule has 0 radical (unpaired) electrons. The molecule has 0 spiro atoms. The van der Waals surface area contributed by atoms with Crippen LogP contribution in [0.1, 0.15) is 26.4 Å². The molecule has 0 unspecified atom stereocenters. The van der Waals surface area contributed by atoms with Crippen LogP contribution in [0.3, 0.4) is 0 Å². The largest absolute Gasteiger partial charge is 0.477 e. The molecule has 0 saturated heterocycles. The maximum atomic E-state index is 13.4. The SMILES string of the molecule is O=C(O)c1cc(C(=O)c2c(F)cccc2F)c[nH]1. The number of aromatic nitrogens is 1. The Morgan fingerprint density at radius 2 is 1.78 bits per heavy atom. The first-order chi connectivity index (χ1) is 8.50. The lowest BCUT2D eigenvalue weighted by Gasteiger charge is -2.01. The second kappa shape index (κ2) is 4.40. The van der Waals surface area contributed by atoms with Gasteiger partial charge in [0.1, 0.15) is 17.3 Å². The minimum absolute atomic E-state index is 0.114. The number of aromatic amines is 1. The van der Waals surface area contributed by atoms with Crippen molar-refractivity contribution in [2.24, 2.45) is 0 Å². The summed E-state index contributed by atoms with van der Waals surface area (Å²) in [6, 6.07) is 4.08. The quantitative estimate of drug-likeness (QED) is 0.822. The molecule has 0 aliphatic heterocycles. The topological polar surface area (TPSA) is 70.2 Å². The number of H-pyrrole nitrogens is 1. The van der Waals surface area contributed by atoms with E-state index in [-0.39, 0.29) is 11.3 Å². The van der Waals surface area contributed by atoms with Crippen molar-refractivity contribution < 1.29 is 23.5 Å². The molecule has 4 nitrogen and oxygen atoms in total. The summed E-state index contributed by atoms with van der Waals surface area (Å²) in [7, 11) is 0. The van der Waals surface area contributed by atoms with Gasteiger partial charge >= 0.3 is 5.97 Å². The Bertz CT molecular complexity index is 614. The van der Waals surface area contributed by atoms with Gasteiger partial charge < -0.3 is 10.1 Å². The summed E-state index contributed by atoms with van der Waals surface area (Å²) in [5.41, 5.74) is -1.04. The molecular formula is C12H7F2NO3. The smallest absolute Gasteiger partial charge is 0.352 e. The van der Waals surface area contributed by atoms with E-state index >= 15 is 0 Å². The first kappa shape index (κ1) is 12.0. The molecule has 2 N–H and O–H groups in total. The van der Waals surface area contributed by atoms with E-state index in [9.17, 15) is 18.4 Å². The van der Waals surface area contributed by atoms with Gasteiger partial charge in [0.05, 0.1) is 5.56 Å². The lowest BCUT2D eigenvalue weighted by Crippen LogP contribution is -2.06. The van der Waals surface area contributed by atoms with Crippen LogP contribution in [-0.4, -0.2) is 21.8 Å². The van der Waals surface area contributed by atoms with Gasteiger partial charge in [-0.15, -0.1) is 0 Å². The second-order valence-electron chi connectivity index (χ2n) is 3.53. The van der Waals surface area contributed by atoms with Crippen LogP contribution >= 0.6 is 0 Å². The Balaban J connectivity index is 2.45. The number of nitrogens with one attached hydrogen (secondary N) is 1. The highest BCUT2D eigenvalue weighted by Gasteiger charge is 2.20. The highest BCUT2D eigenvalue weighted by atomic mass is 19.1. The number of carboxylic acid groups (broad SMARTS) is 1. The van der Waals surface area contributed by atoms with E-state index in [1.807, 2.05) is 0 Å². The number of carboxylic acids is 1. The summed E-state index contributed by atoms with van der Waals surface area (Å²) in [6.07, 6.45) is 1.09. The molecule has 2 aromatic rings. The van der Waals surface area contributed by atoms with Crippen molar-refractivity contribution in [3.8, 4) is 0 Å². The molecule has 6 heteroatoms. The van der Waals surface area contributed by atoms with Crippen LogP contribution in [0.5, 0.6) is 0 Å². The zero-order valence-corrected chi connectivity index (χ0v) is 8.91. The third-order valence-corrected chi connectivity index (χ3v) is 2.37. The van der Waals surface area contributed by atoms with Crippen LogP contribution < -0.4 is 0 Å². The van der Waals surface area contributed by atoms with Gasteiger partial charge in [0, 0.05) is 11.8 Å². The standard InChI is InChI=1S/C12H7F2NO3/c13-7-2-1-3-8(14)10(7)11(16)6-4-9(12(17)18)15-5-6/h1-5,15H,(H,17,18). The average Bonchev–Trinajstić information content (AvgIpc) is 2.77. The van der Waals surface area contributed by atoms with Crippen molar-refractivity contribution in [2.75, 3.05) is 0 Å². The fourth-order valence-electron chi connectivity index (χ4n) is 1.51. The highest BCUT2D eigenvalue weighted by molar-refractivity contribution is 6.10. The van der Waals surface area contributed by atoms with Gasteiger partial charge in [-0.1, -0.05) is 6.07 Å². The Morgan fingerprint density at radius 1 is 1.17 bits per heavy atom. The van der Waals surface area contributed by atoms with Crippen LogP contribution in [0.15, 0.2) is 30.5 Å². The first-order valence-corrected chi connectivity index (χ1v) is 4.91. The third-order valence-electron chi connectivity index (χ3n) is 2.37. The zero-order valence-electron chi connectivity index (χ0n) is 8.91. The first-order valence-electron chi connectivity index (χ1n) is 4.91. The molecule has 18 heavy (non-hydrogen) atoms. The molecule has 1 aromatic carbocycles. The summed E-state index contributed by atoms with van der Waals surface area (Å²) in [6.45, 7) is 0. The zero-order chi connectivity index (χ0) is 13.3. The molecule has 0 fully saturated rings. The van der Waals surface area contributed by atoms with Gasteiger partial charge in [0.15, 0.2) is 5.78 Å². The second-order valence-corrected chi connectivity index (χ2v) is 3.53. The molecule has 1 aromatic heterocycles. The van der Waals surface area contributed by atoms with E-state index in [0.29, 0.717) is 0 Å². The summed E-state index contributed by atoms with van der Waals surface area (Å²) >= 11 is 0. The van der Waals surface area contributed by atoms with Crippen LogP contribution in [0.25, 0.3) is 0 Å². The van der Waals surface area contributed by atoms with Gasteiger partial charge in [-0.3, -0.25) is 4.79 Å². The summed E-state index contributed by atoms with van der Waals surface area (Å²) < 4.78 is 26.7. The van der Waals surface area contributed by atoms with Gasteiger partial charge in [0.25, 0.3) is 0 Å². The number of hydrogen-bond acceptors (Lipinski definition) is 2. The number of benzene rings is 1. The van der Waals surface area contributed by atoms with E-state index in [2.05, 4.69) is 4.98 Å². The summed E-state index contributed by atoms with van der Waals surface area (Å²) in [5, 5.41) is 8.67. The molecule has 2 rings (SSSR count). The summed E-state index contributed by atoms with van der Waals surface area (Å²) in [4.78, 5) is 24.8.